The van der Waals surface area contributed by atoms with Crippen molar-refractivity contribution < 1.29 is 9.72 Å². The van der Waals surface area contributed by atoms with Crippen molar-refractivity contribution in [1.29, 1.82) is 0 Å². The SMILES string of the molecule is Nc1nc(N[C@H]2CC3CCC2C3)sc1C(=O)c1ccccc1[N+](=O)[O-]. The minimum atomic E-state index is -0.557. The van der Waals surface area contributed by atoms with Crippen molar-refractivity contribution in [3.8, 4) is 0 Å². The Morgan fingerprint density at radius 3 is 2.80 bits per heavy atom. The number of thiazole rings is 1. The number of ketones is 1. The van der Waals surface area contributed by atoms with Gasteiger partial charge in [-0.05, 0) is 37.2 Å². The van der Waals surface area contributed by atoms with Crippen LogP contribution in [0.5, 0.6) is 0 Å². The first-order valence-corrected chi connectivity index (χ1v) is 9.15. The van der Waals surface area contributed by atoms with Crippen LogP contribution in [0.4, 0.5) is 16.6 Å². The molecule has 3 N–H and O–H groups in total. The summed E-state index contributed by atoms with van der Waals surface area (Å²) in [7, 11) is 0. The normalized spacial score (nSPS) is 24.4. The topological polar surface area (TPSA) is 111 Å². The molecule has 2 unspecified atom stereocenters. The van der Waals surface area contributed by atoms with Gasteiger partial charge in [0.1, 0.15) is 16.3 Å². The number of rotatable bonds is 5. The van der Waals surface area contributed by atoms with E-state index < -0.39 is 10.7 Å². The highest BCUT2D eigenvalue weighted by Gasteiger charge is 2.40. The van der Waals surface area contributed by atoms with Crippen LogP contribution in [-0.4, -0.2) is 21.7 Å². The number of hydrogen-bond donors (Lipinski definition) is 2. The second-order valence-corrected chi connectivity index (χ2v) is 7.76. The number of para-hydroxylation sites is 1. The van der Waals surface area contributed by atoms with E-state index in [1.54, 1.807) is 6.07 Å². The Morgan fingerprint density at radius 2 is 2.12 bits per heavy atom. The van der Waals surface area contributed by atoms with E-state index >= 15 is 0 Å². The number of benzene rings is 1. The summed E-state index contributed by atoms with van der Waals surface area (Å²) >= 11 is 1.18. The number of anilines is 2. The minimum Gasteiger partial charge on any atom is -0.382 e. The quantitative estimate of drug-likeness (QED) is 0.481. The van der Waals surface area contributed by atoms with Crippen LogP contribution in [-0.2, 0) is 0 Å². The molecule has 2 aromatic rings. The number of carbonyl (C=O) groups excluding carboxylic acids is 1. The molecule has 2 bridgehead atoms. The number of nitro benzene ring substituents is 1. The highest BCUT2D eigenvalue weighted by molar-refractivity contribution is 7.18. The summed E-state index contributed by atoms with van der Waals surface area (Å²) in [6, 6.07) is 6.29. The third-order valence-corrected chi connectivity index (χ3v) is 6.25. The van der Waals surface area contributed by atoms with Gasteiger partial charge in [-0.15, -0.1) is 0 Å². The largest absolute Gasteiger partial charge is 0.382 e. The van der Waals surface area contributed by atoms with Crippen molar-refractivity contribution in [3.63, 3.8) is 0 Å². The first-order valence-electron chi connectivity index (χ1n) is 8.34. The van der Waals surface area contributed by atoms with Crippen LogP contribution in [0.1, 0.15) is 40.9 Å². The molecule has 130 valence electrons. The number of fused-ring (bicyclic) bond motifs is 2. The summed E-state index contributed by atoms with van der Waals surface area (Å²) in [5.41, 5.74) is 5.74. The molecule has 0 aliphatic heterocycles. The van der Waals surface area contributed by atoms with Gasteiger partial charge < -0.3 is 11.1 Å². The Hall–Kier alpha value is -2.48. The summed E-state index contributed by atoms with van der Waals surface area (Å²) < 4.78 is 0. The van der Waals surface area contributed by atoms with Gasteiger partial charge >= 0.3 is 0 Å². The maximum atomic E-state index is 12.7. The second-order valence-electron chi connectivity index (χ2n) is 6.76. The van der Waals surface area contributed by atoms with Crippen molar-refractivity contribution in [2.24, 2.45) is 11.8 Å². The Labute approximate surface area is 148 Å². The van der Waals surface area contributed by atoms with E-state index in [0.717, 1.165) is 12.3 Å². The third kappa shape index (κ3) is 2.86. The van der Waals surface area contributed by atoms with Crippen molar-refractivity contribution in [2.45, 2.75) is 31.7 Å². The van der Waals surface area contributed by atoms with Gasteiger partial charge in [0.25, 0.3) is 5.69 Å². The van der Waals surface area contributed by atoms with Crippen LogP contribution in [0.3, 0.4) is 0 Å². The van der Waals surface area contributed by atoms with E-state index in [4.69, 9.17) is 5.73 Å². The van der Waals surface area contributed by atoms with Gasteiger partial charge in [0.2, 0.25) is 5.78 Å². The van der Waals surface area contributed by atoms with Gasteiger partial charge in [-0.3, -0.25) is 14.9 Å². The molecule has 2 saturated carbocycles. The number of nitrogen functional groups attached to an aromatic ring is 1. The average Bonchev–Trinajstić information content (AvgIpc) is 3.30. The van der Waals surface area contributed by atoms with Gasteiger partial charge in [-0.2, -0.15) is 0 Å². The number of aromatic nitrogens is 1. The van der Waals surface area contributed by atoms with E-state index in [0.29, 0.717) is 17.1 Å². The number of carbonyl (C=O) groups is 1. The molecule has 8 heteroatoms. The molecule has 25 heavy (non-hydrogen) atoms. The number of nitro groups is 1. The first-order chi connectivity index (χ1) is 12.0. The molecule has 1 aromatic carbocycles. The third-order valence-electron chi connectivity index (χ3n) is 5.25. The number of nitrogens with one attached hydrogen (secondary N) is 1. The first kappa shape index (κ1) is 16.0. The van der Waals surface area contributed by atoms with Crippen molar-refractivity contribution in [2.75, 3.05) is 11.1 Å². The monoisotopic (exact) mass is 358 g/mol. The maximum absolute atomic E-state index is 12.7. The molecule has 1 heterocycles. The lowest BCUT2D eigenvalue weighted by Crippen LogP contribution is -2.25. The molecule has 0 radical (unpaired) electrons. The summed E-state index contributed by atoms with van der Waals surface area (Å²) in [6.45, 7) is 0. The molecule has 3 atom stereocenters. The summed E-state index contributed by atoms with van der Waals surface area (Å²) in [5.74, 6) is 1.14. The lowest BCUT2D eigenvalue weighted by Gasteiger charge is -2.22. The predicted molar refractivity (Wildman–Crippen MR) is 95.9 cm³/mol. The van der Waals surface area contributed by atoms with E-state index in [1.165, 1.54) is 48.8 Å². The summed E-state index contributed by atoms with van der Waals surface area (Å²) in [5, 5.41) is 15.2. The lowest BCUT2D eigenvalue weighted by atomic mass is 9.96. The fourth-order valence-corrected chi connectivity index (χ4v) is 4.98. The Kier molecular flexibility index (Phi) is 3.91. The molecule has 2 fully saturated rings. The highest BCUT2D eigenvalue weighted by Crippen LogP contribution is 2.46. The van der Waals surface area contributed by atoms with Crippen molar-refractivity contribution in [3.05, 3.63) is 44.8 Å². The van der Waals surface area contributed by atoms with Crippen molar-refractivity contribution >= 4 is 33.8 Å². The molecular weight excluding hydrogens is 340 g/mol. The van der Waals surface area contributed by atoms with Crippen LogP contribution in [0, 0.1) is 22.0 Å². The Bertz CT molecular complexity index is 850. The molecule has 1 aromatic heterocycles. The molecule has 0 spiro atoms. The zero-order valence-electron chi connectivity index (χ0n) is 13.5. The summed E-state index contributed by atoms with van der Waals surface area (Å²) in [4.78, 5) is 27.8. The zero-order valence-corrected chi connectivity index (χ0v) is 14.3. The van der Waals surface area contributed by atoms with Gasteiger partial charge in [0, 0.05) is 12.1 Å². The highest BCUT2D eigenvalue weighted by atomic mass is 32.1. The molecule has 2 aliphatic rings. The Balaban J connectivity index is 1.58. The molecule has 7 nitrogen and oxygen atoms in total. The van der Waals surface area contributed by atoms with E-state index in [-0.39, 0.29) is 21.9 Å². The Morgan fingerprint density at radius 1 is 1.32 bits per heavy atom. The molecule has 0 amide bonds. The van der Waals surface area contributed by atoms with E-state index in [9.17, 15) is 14.9 Å². The standard InChI is InChI=1S/C17H18N4O3S/c18-16-15(14(22)11-3-1-2-4-13(11)21(23)24)25-17(20-16)19-12-8-9-5-6-10(12)7-9/h1-4,9-10,12H,5-8,18H2,(H,19,20)/t9?,10?,12-/m0/s1. The fraction of sp³-hybridized carbons (Fsp3) is 0.412. The van der Waals surface area contributed by atoms with Crippen LogP contribution in [0.2, 0.25) is 0 Å². The van der Waals surface area contributed by atoms with E-state index in [1.807, 2.05) is 0 Å². The molecule has 0 saturated heterocycles. The average molecular weight is 358 g/mol. The molecular formula is C17H18N4O3S. The van der Waals surface area contributed by atoms with E-state index in [2.05, 4.69) is 10.3 Å². The van der Waals surface area contributed by atoms with Crippen LogP contribution >= 0.6 is 11.3 Å². The number of nitrogens with two attached hydrogens (primary N) is 1. The van der Waals surface area contributed by atoms with Crippen LogP contribution < -0.4 is 11.1 Å². The minimum absolute atomic E-state index is 0.0364. The molecule has 2 aliphatic carbocycles. The fourth-order valence-electron chi connectivity index (χ4n) is 4.08. The van der Waals surface area contributed by atoms with Crippen molar-refractivity contribution in [1.82, 2.24) is 4.98 Å². The van der Waals surface area contributed by atoms with Gasteiger partial charge in [0.05, 0.1) is 4.92 Å². The predicted octanol–water partition coefficient (Wildman–Crippen LogP) is 3.47. The summed E-state index contributed by atoms with van der Waals surface area (Å²) in [6.07, 6.45) is 4.95. The van der Waals surface area contributed by atoms with Gasteiger partial charge in [0.15, 0.2) is 5.13 Å². The van der Waals surface area contributed by atoms with Gasteiger partial charge in [-0.1, -0.05) is 29.9 Å². The number of nitrogens with zero attached hydrogens (tertiary/aromatic N) is 2. The maximum Gasteiger partial charge on any atom is 0.280 e. The smallest absolute Gasteiger partial charge is 0.280 e. The van der Waals surface area contributed by atoms with Gasteiger partial charge in [-0.25, -0.2) is 4.98 Å². The van der Waals surface area contributed by atoms with Crippen LogP contribution in [0.15, 0.2) is 24.3 Å². The second kappa shape index (κ2) is 6.11. The molecule has 4 rings (SSSR count). The zero-order chi connectivity index (χ0) is 17.6. The number of hydrogen-bond acceptors (Lipinski definition) is 7. The van der Waals surface area contributed by atoms with Crippen LogP contribution in [0.25, 0.3) is 0 Å². The lowest BCUT2D eigenvalue weighted by molar-refractivity contribution is -0.385.